The molecule has 5 aromatic rings. The topological polar surface area (TPSA) is 115 Å². The van der Waals surface area contributed by atoms with E-state index in [1.165, 1.54) is 18.2 Å². The molecule has 0 radical (unpaired) electrons. The van der Waals surface area contributed by atoms with Crippen molar-refractivity contribution in [1.29, 1.82) is 0 Å². The molecule has 2 N–H and O–H groups in total. The Morgan fingerprint density at radius 2 is 1.74 bits per heavy atom. The molecule has 0 saturated heterocycles. The largest absolute Gasteiger partial charge is 0.336 e. The highest BCUT2D eigenvalue weighted by atomic mass is 32.2. The molecule has 12 heteroatoms. The molecule has 0 unspecified atom stereocenters. The van der Waals surface area contributed by atoms with Crippen molar-refractivity contribution < 1.29 is 21.5 Å². The molecule has 3 aromatic heterocycles. The molecule has 0 amide bonds. The minimum atomic E-state index is -3.77. The monoisotopic (exact) mass is 536 g/mol. The summed E-state index contributed by atoms with van der Waals surface area (Å²) in [6, 6.07) is 16.4. The summed E-state index contributed by atoms with van der Waals surface area (Å²) in [5, 5.41) is 0. The van der Waals surface area contributed by atoms with E-state index in [2.05, 4.69) is 20.4 Å². The van der Waals surface area contributed by atoms with Crippen molar-refractivity contribution in [3.8, 4) is 34.0 Å². The van der Waals surface area contributed by atoms with Gasteiger partial charge in [0.25, 0.3) is 10.1 Å². The van der Waals surface area contributed by atoms with Crippen LogP contribution >= 0.6 is 0 Å². The zero-order valence-electron chi connectivity index (χ0n) is 20.1. The first-order valence-electron chi connectivity index (χ1n) is 11.9. The lowest BCUT2D eigenvalue weighted by molar-refractivity contribution is 0.387. The fourth-order valence-electron chi connectivity index (χ4n) is 4.27. The Balaban J connectivity index is 1.51. The van der Waals surface area contributed by atoms with Gasteiger partial charge >= 0.3 is 0 Å². The van der Waals surface area contributed by atoms with Crippen molar-refractivity contribution in [3.63, 3.8) is 0 Å². The molecular formula is C26H22F2N6O3S. The summed E-state index contributed by atoms with van der Waals surface area (Å²) in [4.78, 5) is 16.9. The van der Waals surface area contributed by atoms with Gasteiger partial charge in [0.1, 0.15) is 23.0 Å². The number of imidazole rings is 2. The van der Waals surface area contributed by atoms with Crippen LogP contribution in [0.2, 0.25) is 0 Å². The minimum Gasteiger partial charge on any atom is -0.336 e. The van der Waals surface area contributed by atoms with Crippen molar-refractivity contribution >= 4 is 27.2 Å². The Kier molecular flexibility index (Phi) is 5.92. The fraction of sp³-hybridized carbons (Fsp3) is 0.192. The molecule has 1 saturated carbocycles. The maximum absolute atomic E-state index is 14.6. The highest BCUT2D eigenvalue weighted by Crippen LogP contribution is 2.36. The average Bonchev–Trinajstić information content (AvgIpc) is 3.50. The number of benzene rings is 2. The summed E-state index contributed by atoms with van der Waals surface area (Å²) in [5.74, 6) is -0.815. The number of anilines is 1. The highest BCUT2D eigenvalue weighted by molar-refractivity contribution is 7.86. The fourth-order valence-corrected chi connectivity index (χ4v) is 4.50. The van der Waals surface area contributed by atoms with Gasteiger partial charge < -0.3 is 4.98 Å². The second-order valence-corrected chi connectivity index (χ2v) is 10.8. The predicted octanol–water partition coefficient (Wildman–Crippen LogP) is 5.15. The number of aromatic nitrogens is 5. The summed E-state index contributed by atoms with van der Waals surface area (Å²) in [7, 11) is -3.77. The number of halogens is 2. The predicted molar refractivity (Wildman–Crippen MR) is 138 cm³/mol. The molecule has 1 aliphatic carbocycles. The lowest BCUT2D eigenvalue weighted by atomic mass is 10.1. The number of aromatic amines is 1. The molecule has 38 heavy (non-hydrogen) atoms. The number of nitrogens with zero attached hydrogens (tertiary/aromatic N) is 4. The maximum Gasteiger partial charge on any atom is 0.285 e. The van der Waals surface area contributed by atoms with Crippen LogP contribution < -0.4 is 5.48 Å². The lowest BCUT2D eigenvalue weighted by Crippen LogP contribution is -2.14. The molecule has 2 aromatic carbocycles. The first-order chi connectivity index (χ1) is 18.3. The second-order valence-electron chi connectivity index (χ2n) is 9.19. The number of hydrogen-bond acceptors (Lipinski definition) is 7. The van der Waals surface area contributed by atoms with E-state index in [0.29, 0.717) is 40.7 Å². The molecule has 0 aliphatic heterocycles. The number of nitrogens with one attached hydrogen (secondary N) is 2. The Morgan fingerprint density at radius 3 is 2.42 bits per heavy atom. The molecule has 0 spiro atoms. The van der Waals surface area contributed by atoms with Crippen molar-refractivity contribution in [1.82, 2.24) is 24.5 Å². The molecule has 1 aliphatic rings. The van der Waals surface area contributed by atoms with E-state index >= 15 is 0 Å². The van der Waals surface area contributed by atoms with Crippen molar-refractivity contribution in [2.45, 2.75) is 19.4 Å². The zero-order chi connectivity index (χ0) is 26.4. The van der Waals surface area contributed by atoms with Gasteiger partial charge in [-0.05, 0) is 43.0 Å². The van der Waals surface area contributed by atoms with Gasteiger partial charge in [-0.2, -0.15) is 8.42 Å². The summed E-state index contributed by atoms with van der Waals surface area (Å²) >= 11 is 0. The van der Waals surface area contributed by atoms with Crippen LogP contribution in [0.4, 0.5) is 14.7 Å². The maximum atomic E-state index is 14.6. The Bertz CT molecular complexity index is 1740. The van der Waals surface area contributed by atoms with E-state index in [1.807, 2.05) is 30.3 Å². The van der Waals surface area contributed by atoms with Gasteiger partial charge in [0.05, 0.1) is 28.9 Å². The number of rotatable bonds is 8. The average molecular weight is 537 g/mol. The van der Waals surface area contributed by atoms with Crippen LogP contribution in [0, 0.1) is 17.6 Å². The molecule has 3 heterocycles. The van der Waals surface area contributed by atoms with Crippen LogP contribution in [0.15, 0.2) is 60.7 Å². The van der Waals surface area contributed by atoms with E-state index in [1.54, 1.807) is 16.7 Å². The van der Waals surface area contributed by atoms with Crippen LogP contribution in [-0.2, 0) is 20.9 Å². The van der Waals surface area contributed by atoms with Gasteiger partial charge in [-0.3, -0.25) is 4.57 Å². The summed E-state index contributed by atoms with van der Waals surface area (Å²) < 4.78 is 58.9. The van der Waals surface area contributed by atoms with E-state index in [-0.39, 0.29) is 17.3 Å². The van der Waals surface area contributed by atoms with Gasteiger partial charge in [-0.1, -0.05) is 36.4 Å². The molecule has 0 atom stereocenters. The van der Waals surface area contributed by atoms with E-state index in [4.69, 9.17) is 9.27 Å². The molecule has 6 rings (SSSR count). The third-order valence-electron chi connectivity index (χ3n) is 6.22. The minimum absolute atomic E-state index is 0.0340. The Hall–Kier alpha value is -4.16. The third kappa shape index (κ3) is 4.75. The van der Waals surface area contributed by atoms with Gasteiger partial charge in [-0.15, -0.1) is 4.28 Å². The smallest absolute Gasteiger partial charge is 0.285 e. The van der Waals surface area contributed by atoms with Crippen LogP contribution in [0.5, 0.6) is 0 Å². The van der Waals surface area contributed by atoms with Crippen LogP contribution in [0.3, 0.4) is 0 Å². The SMILES string of the molecule is CS(=O)(=O)ONc1nc2ccc(-c3[nH]c(-c4c(F)cccc4F)nc3-c3ccccc3)nc2n1CC1CC1. The number of hydrogen-bond donors (Lipinski definition) is 2. The van der Waals surface area contributed by atoms with Crippen molar-refractivity contribution in [3.05, 3.63) is 72.3 Å². The van der Waals surface area contributed by atoms with E-state index in [9.17, 15) is 17.2 Å². The normalized spacial score (nSPS) is 13.8. The second kappa shape index (κ2) is 9.30. The van der Waals surface area contributed by atoms with E-state index < -0.39 is 21.8 Å². The van der Waals surface area contributed by atoms with Gasteiger partial charge in [0, 0.05) is 12.1 Å². The molecule has 194 valence electrons. The molecule has 1 fully saturated rings. The summed E-state index contributed by atoms with van der Waals surface area (Å²) in [5.41, 5.74) is 5.34. The van der Waals surface area contributed by atoms with Crippen LogP contribution in [0.1, 0.15) is 12.8 Å². The molecule has 9 nitrogen and oxygen atoms in total. The van der Waals surface area contributed by atoms with Crippen LogP contribution in [-0.4, -0.2) is 39.2 Å². The Labute approximate surface area is 216 Å². The van der Waals surface area contributed by atoms with Gasteiger partial charge in [0.15, 0.2) is 5.65 Å². The first kappa shape index (κ1) is 24.2. The lowest BCUT2D eigenvalue weighted by Gasteiger charge is -2.09. The highest BCUT2D eigenvalue weighted by Gasteiger charge is 2.26. The van der Waals surface area contributed by atoms with E-state index in [0.717, 1.165) is 24.7 Å². The number of H-pyrrole nitrogens is 1. The summed E-state index contributed by atoms with van der Waals surface area (Å²) in [6.45, 7) is 0.572. The van der Waals surface area contributed by atoms with Crippen molar-refractivity contribution in [2.24, 2.45) is 5.92 Å². The number of pyridine rings is 1. The quantitative estimate of drug-likeness (QED) is 0.264. The third-order valence-corrected chi connectivity index (χ3v) is 6.61. The van der Waals surface area contributed by atoms with Gasteiger partial charge in [0.2, 0.25) is 5.95 Å². The number of fused-ring (bicyclic) bond motifs is 1. The Morgan fingerprint density at radius 1 is 1.00 bits per heavy atom. The van der Waals surface area contributed by atoms with Crippen LogP contribution in [0.25, 0.3) is 45.2 Å². The van der Waals surface area contributed by atoms with Crippen molar-refractivity contribution in [2.75, 3.05) is 11.7 Å². The first-order valence-corrected chi connectivity index (χ1v) is 13.7. The standard InChI is InChI=1S/C26H22F2N6O3S/c1-38(35,36)37-33-26-30-20-13-12-19(29-25(20)34(26)14-15-10-11-15)23-22(16-6-3-2-4-7-16)31-24(32-23)21-17(27)8-5-9-18(21)28/h2-9,12-13,15H,10-11,14H2,1H3,(H,30,33)(H,31,32). The molecule has 0 bridgehead atoms. The van der Waals surface area contributed by atoms with Gasteiger partial charge in [-0.25, -0.2) is 29.2 Å². The zero-order valence-corrected chi connectivity index (χ0v) is 21.0. The molecular weight excluding hydrogens is 514 g/mol. The summed E-state index contributed by atoms with van der Waals surface area (Å²) in [6.07, 6.45) is 3.02.